The fourth-order valence-corrected chi connectivity index (χ4v) is 4.33. The van der Waals surface area contributed by atoms with E-state index >= 15 is 0 Å². The summed E-state index contributed by atoms with van der Waals surface area (Å²) in [6, 6.07) is 13.0. The van der Waals surface area contributed by atoms with E-state index < -0.39 is 0 Å². The molecule has 8 nitrogen and oxygen atoms in total. The van der Waals surface area contributed by atoms with Crippen LogP contribution in [0.25, 0.3) is 0 Å². The summed E-state index contributed by atoms with van der Waals surface area (Å²) in [6.45, 7) is 4.37. The highest BCUT2D eigenvalue weighted by Gasteiger charge is 2.29. The highest BCUT2D eigenvalue weighted by molar-refractivity contribution is 5.94. The molecule has 9 heteroatoms. The van der Waals surface area contributed by atoms with Crippen molar-refractivity contribution in [3.63, 3.8) is 0 Å². The average molecular weight is 478 g/mol. The van der Waals surface area contributed by atoms with E-state index in [1.54, 1.807) is 18.1 Å². The summed E-state index contributed by atoms with van der Waals surface area (Å²) < 4.78 is 24.9. The Hall–Kier alpha value is -3.72. The number of aromatic nitrogens is 2. The van der Waals surface area contributed by atoms with Gasteiger partial charge in [0.15, 0.2) is 0 Å². The Morgan fingerprint density at radius 2 is 1.71 bits per heavy atom. The van der Waals surface area contributed by atoms with Crippen molar-refractivity contribution in [1.29, 1.82) is 0 Å². The van der Waals surface area contributed by atoms with Crippen molar-refractivity contribution in [3.05, 3.63) is 71.2 Å². The van der Waals surface area contributed by atoms with Gasteiger partial charge >= 0.3 is 0 Å². The molecule has 5 rings (SSSR count). The van der Waals surface area contributed by atoms with Gasteiger partial charge in [0, 0.05) is 50.8 Å². The molecule has 1 amide bonds. The third-order valence-electron chi connectivity index (χ3n) is 6.43. The van der Waals surface area contributed by atoms with Crippen molar-refractivity contribution in [2.75, 3.05) is 51.8 Å². The summed E-state index contributed by atoms with van der Waals surface area (Å²) in [7, 11) is 3.71. The second-order valence-electron chi connectivity index (χ2n) is 8.81. The van der Waals surface area contributed by atoms with E-state index in [2.05, 4.69) is 16.8 Å². The van der Waals surface area contributed by atoms with E-state index in [-0.39, 0.29) is 11.7 Å². The number of halogens is 1. The summed E-state index contributed by atoms with van der Waals surface area (Å²) in [5, 5.41) is 0. The van der Waals surface area contributed by atoms with Gasteiger partial charge in [-0.25, -0.2) is 9.37 Å². The van der Waals surface area contributed by atoms with E-state index in [1.807, 2.05) is 18.2 Å². The molecule has 0 aliphatic carbocycles. The van der Waals surface area contributed by atoms with Crippen LogP contribution in [0.1, 0.15) is 21.6 Å². The lowest BCUT2D eigenvalue weighted by Gasteiger charge is -2.34. The van der Waals surface area contributed by atoms with Gasteiger partial charge < -0.3 is 24.2 Å². The summed E-state index contributed by atoms with van der Waals surface area (Å²) >= 11 is 0. The maximum absolute atomic E-state index is 13.3. The van der Waals surface area contributed by atoms with Crippen LogP contribution in [0.2, 0.25) is 0 Å². The Bertz CT molecular complexity index is 1210. The van der Waals surface area contributed by atoms with Crippen LogP contribution >= 0.6 is 0 Å². The fourth-order valence-electron chi connectivity index (χ4n) is 4.33. The summed E-state index contributed by atoms with van der Waals surface area (Å²) in [5.74, 6) is 1.83. The number of piperazine rings is 1. The molecule has 1 saturated heterocycles. The fraction of sp³-hybridized carbons (Fsp3) is 0.346. The quantitative estimate of drug-likeness (QED) is 0.558. The van der Waals surface area contributed by atoms with E-state index in [4.69, 9.17) is 19.4 Å². The zero-order valence-electron chi connectivity index (χ0n) is 19.9. The number of amides is 1. The molecule has 3 heterocycles. The van der Waals surface area contributed by atoms with E-state index in [9.17, 15) is 9.18 Å². The second kappa shape index (κ2) is 9.87. The standard InChI is InChI=1S/C26H28FN5O3/c1-30-12-14-31(15-13-30)26-28-23-10-11-32(25(33)18-6-8-19(27)9-7-18)17-22(23)24(29-26)35-21-5-3-4-20(16-21)34-2/h3-9,16H,10-15,17H2,1-2H3. The maximum Gasteiger partial charge on any atom is 0.254 e. The van der Waals surface area contributed by atoms with Crippen molar-refractivity contribution in [2.45, 2.75) is 13.0 Å². The largest absolute Gasteiger partial charge is 0.497 e. The van der Waals surface area contributed by atoms with Crippen molar-refractivity contribution in [1.82, 2.24) is 19.8 Å². The van der Waals surface area contributed by atoms with Crippen LogP contribution < -0.4 is 14.4 Å². The third kappa shape index (κ3) is 5.05. The molecule has 0 N–H and O–H groups in total. The highest BCUT2D eigenvalue weighted by atomic mass is 19.1. The van der Waals surface area contributed by atoms with Crippen LogP contribution in [0.3, 0.4) is 0 Å². The normalized spacial score (nSPS) is 16.1. The Balaban J connectivity index is 1.47. The predicted octanol–water partition coefficient (Wildman–Crippen LogP) is 3.37. The van der Waals surface area contributed by atoms with Gasteiger partial charge in [0.05, 0.1) is 24.9 Å². The zero-order valence-corrected chi connectivity index (χ0v) is 19.9. The number of hydrogen-bond donors (Lipinski definition) is 0. The minimum atomic E-state index is -0.371. The van der Waals surface area contributed by atoms with Crippen LogP contribution in [0, 0.1) is 5.82 Å². The molecule has 1 fully saturated rings. The number of hydrogen-bond acceptors (Lipinski definition) is 7. The number of likely N-dealkylation sites (N-methyl/N-ethyl adjacent to an activating group) is 1. The van der Waals surface area contributed by atoms with Crippen LogP contribution in [0.4, 0.5) is 10.3 Å². The molecule has 0 bridgehead atoms. The minimum absolute atomic E-state index is 0.161. The molecule has 0 unspecified atom stereocenters. The number of rotatable bonds is 5. The Kier molecular flexibility index (Phi) is 6.50. The molecule has 2 aliphatic heterocycles. The number of nitrogens with zero attached hydrogens (tertiary/aromatic N) is 5. The first-order valence-corrected chi connectivity index (χ1v) is 11.7. The number of methoxy groups -OCH3 is 1. The van der Waals surface area contributed by atoms with Gasteiger partial charge in [-0.15, -0.1) is 0 Å². The molecular formula is C26H28FN5O3. The van der Waals surface area contributed by atoms with Gasteiger partial charge in [0.2, 0.25) is 11.8 Å². The van der Waals surface area contributed by atoms with Crippen molar-refractivity contribution in [3.8, 4) is 17.4 Å². The Morgan fingerprint density at radius 1 is 0.971 bits per heavy atom. The number of anilines is 1. The van der Waals surface area contributed by atoms with E-state index in [0.29, 0.717) is 48.4 Å². The predicted molar refractivity (Wildman–Crippen MR) is 130 cm³/mol. The third-order valence-corrected chi connectivity index (χ3v) is 6.43. The molecule has 35 heavy (non-hydrogen) atoms. The Morgan fingerprint density at radius 3 is 2.46 bits per heavy atom. The second-order valence-corrected chi connectivity index (χ2v) is 8.81. The van der Waals surface area contributed by atoms with Gasteiger partial charge in [0.25, 0.3) is 5.91 Å². The SMILES string of the molecule is COc1cccc(Oc2nc(N3CCN(C)CC3)nc3c2CN(C(=O)c2ccc(F)cc2)CC3)c1. The highest BCUT2D eigenvalue weighted by Crippen LogP contribution is 2.33. The maximum atomic E-state index is 13.3. The Labute approximate surface area is 203 Å². The zero-order chi connectivity index (χ0) is 24.4. The number of ether oxygens (including phenoxy) is 2. The van der Waals surface area contributed by atoms with Gasteiger partial charge in [-0.05, 0) is 43.4 Å². The van der Waals surface area contributed by atoms with Crippen LogP contribution in [-0.4, -0.2) is 72.6 Å². The molecular weight excluding hydrogens is 449 g/mol. The van der Waals surface area contributed by atoms with Crippen molar-refractivity contribution in [2.24, 2.45) is 0 Å². The first-order chi connectivity index (χ1) is 17.0. The first-order valence-electron chi connectivity index (χ1n) is 11.7. The van der Waals surface area contributed by atoms with Gasteiger partial charge in [-0.3, -0.25) is 4.79 Å². The lowest BCUT2D eigenvalue weighted by molar-refractivity contribution is 0.0732. The van der Waals surface area contributed by atoms with Gasteiger partial charge in [0.1, 0.15) is 17.3 Å². The topological polar surface area (TPSA) is 71.0 Å². The monoisotopic (exact) mass is 477 g/mol. The average Bonchev–Trinajstić information content (AvgIpc) is 2.89. The molecule has 0 spiro atoms. The number of carbonyl (C=O) groups is 1. The summed E-state index contributed by atoms with van der Waals surface area (Å²) in [4.78, 5) is 29.0. The minimum Gasteiger partial charge on any atom is -0.497 e. The molecule has 1 aromatic heterocycles. The number of carbonyl (C=O) groups excluding carboxylic acids is 1. The number of benzene rings is 2. The van der Waals surface area contributed by atoms with Crippen LogP contribution in [0.5, 0.6) is 17.4 Å². The molecule has 182 valence electrons. The summed E-state index contributed by atoms with van der Waals surface area (Å²) in [5.41, 5.74) is 2.11. The number of fused-ring (bicyclic) bond motifs is 1. The van der Waals surface area contributed by atoms with Crippen LogP contribution in [0.15, 0.2) is 48.5 Å². The molecule has 2 aliphatic rings. The molecule has 3 aromatic rings. The van der Waals surface area contributed by atoms with E-state index in [1.165, 1.54) is 24.3 Å². The smallest absolute Gasteiger partial charge is 0.254 e. The van der Waals surface area contributed by atoms with Gasteiger partial charge in [-0.2, -0.15) is 4.98 Å². The molecule has 0 radical (unpaired) electrons. The van der Waals surface area contributed by atoms with Crippen molar-refractivity contribution < 1.29 is 18.7 Å². The van der Waals surface area contributed by atoms with Crippen LogP contribution in [-0.2, 0) is 13.0 Å². The van der Waals surface area contributed by atoms with E-state index in [0.717, 1.165) is 37.4 Å². The van der Waals surface area contributed by atoms with Gasteiger partial charge in [-0.1, -0.05) is 6.07 Å². The summed E-state index contributed by atoms with van der Waals surface area (Å²) in [6.07, 6.45) is 0.583. The molecule has 2 aromatic carbocycles. The lowest BCUT2D eigenvalue weighted by Crippen LogP contribution is -2.45. The first kappa shape index (κ1) is 23.0. The van der Waals surface area contributed by atoms with Crippen molar-refractivity contribution >= 4 is 11.9 Å². The lowest BCUT2D eigenvalue weighted by atomic mass is 10.0. The molecule has 0 saturated carbocycles. The molecule has 0 atom stereocenters.